The first-order valence-electron chi connectivity index (χ1n) is 11.0. The number of carbonyl (C=O) groups is 2. The molecule has 0 saturated heterocycles. The van der Waals surface area contributed by atoms with Crippen molar-refractivity contribution in [2.24, 2.45) is 5.92 Å². The van der Waals surface area contributed by atoms with Crippen molar-refractivity contribution in [3.05, 3.63) is 64.1 Å². The number of nitrogens with zero attached hydrogens (tertiary/aromatic N) is 1. The molecular formula is C25H32Cl2N2O3. The zero-order valence-corrected chi connectivity index (χ0v) is 20.5. The molecule has 0 bridgehead atoms. The molecular weight excluding hydrogens is 447 g/mol. The molecule has 2 aromatic carbocycles. The van der Waals surface area contributed by atoms with Gasteiger partial charge in [-0.2, -0.15) is 0 Å². The lowest BCUT2D eigenvalue weighted by atomic mass is 10.1. The van der Waals surface area contributed by atoms with Gasteiger partial charge < -0.3 is 15.0 Å². The van der Waals surface area contributed by atoms with Gasteiger partial charge in [0, 0.05) is 29.6 Å². The minimum atomic E-state index is -0.533. The summed E-state index contributed by atoms with van der Waals surface area (Å²) in [6.45, 7) is 7.33. The lowest BCUT2D eigenvalue weighted by Crippen LogP contribution is -2.49. The Hall–Kier alpha value is -2.24. The fourth-order valence-electron chi connectivity index (χ4n) is 3.22. The van der Waals surface area contributed by atoms with Crippen LogP contribution >= 0.6 is 23.2 Å². The quantitative estimate of drug-likeness (QED) is 0.396. The second-order valence-electron chi connectivity index (χ2n) is 8.12. The summed E-state index contributed by atoms with van der Waals surface area (Å²) in [5.74, 6) is 0.841. The number of hydrogen-bond acceptors (Lipinski definition) is 3. The maximum Gasteiger partial charge on any atom is 0.242 e. The molecule has 1 N–H and O–H groups in total. The SMILES string of the molecule is CCC(C(=O)NCC(C)C)N(Cc1ccc(Cl)cc1)C(=O)CCCOc1ccc(Cl)cc1. The van der Waals surface area contributed by atoms with E-state index >= 15 is 0 Å². The third-order valence-electron chi connectivity index (χ3n) is 4.95. The van der Waals surface area contributed by atoms with Crippen LogP contribution in [0.5, 0.6) is 5.75 Å². The number of benzene rings is 2. The first kappa shape index (κ1) is 26.0. The van der Waals surface area contributed by atoms with Crippen molar-refractivity contribution in [2.75, 3.05) is 13.2 Å². The smallest absolute Gasteiger partial charge is 0.242 e. The van der Waals surface area contributed by atoms with E-state index < -0.39 is 6.04 Å². The number of halogens is 2. The van der Waals surface area contributed by atoms with Crippen LogP contribution in [0.3, 0.4) is 0 Å². The molecule has 5 nitrogen and oxygen atoms in total. The predicted octanol–water partition coefficient (Wildman–Crippen LogP) is 5.73. The van der Waals surface area contributed by atoms with Gasteiger partial charge in [0.25, 0.3) is 0 Å². The van der Waals surface area contributed by atoms with Gasteiger partial charge in [-0.05, 0) is 60.7 Å². The van der Waals surface area contributed by atoms with E-state index in [1.54, 1.807) is 41.3 Å². The van der Waals surface area contributed by atoms with Gasteiger partial charge in [-0.25, -0.2) is 0 Å². The monoisotopic (exact) mass is 478 g/mol. The summed E-state index contributed by atoms with van der Waals surface area (Å²) in [5, 5.41) is 4.24. The minimum absolute atomic E-state index is 0.0776. The molecule has 0 aliphatic rings. The summed E-state index contributed by atoms with van der Waals surface area (Å²) >= 11 is 11.9. The minimum Gasteiger partial charge on any atom is -0.494 e. The van der Waals surface area contributed by atoms with E-state index in [0.717, 1.165) is 5.56 Å². The van der Waals surface area contributed by atoms with E-state index in [2.05, 4.69) is 5.32 Å². The van der Waals surface area contributed by atoms with E-state index in [0.29, 0.717) is 54.3 Å². The average molecular weight is 479 g/mol. The number of rotatable bonds is 12. The number of amides is 2. The van der Waals surface area contributed by atoms with Crippen LogP contribution in [0.2, 0.25) is 10.0 Å². The molecule has 0 aliphatic carbocycles. The zero-order valence-electron chi connectivity index (χ0n) is 18.9. The standard InChI is InChI=1S/C25H32Cl2N2O3/c1-4-23(25(31)28-16-18(2)3)29(17-19-7-9-20(26)10-8-19)24(30)6-5-15-32-22-13-11-21(27)12-14-22/h7-14,18,23H,4-6,15-17H2,1-3H3,(H,28,31). The molecule has 32 heavy (non-hydrogen) atoms. The molecule has 0 fully saturated rings. The van der Waals surface area contributed by atoms with E-state index in [1.165, 1.54) is 0 Å². The Balaban J connectivity index is 2.03. The molecule has 174 valence electrons. The summed E-state index contributed by atoms with van der Waals surface area (Å²) in [4.78, 5) is 27.7. The van der Waals surface area contributed by atoms with Crippen molar-refractivity contribution in [1.82, 2.24) is 10.2 Å². The molecule has 0 spiro atoms. The van der Waals surface area contributed by atoms with Gasteiger partial charge in [-0.3, -0.25) is 9.59 Å². The van der Waals surface area contributed by atoms with Gasteiger partial charge >= 0.3 is 0 Å². The van der Waals surface area contributed by atoms with E-state index in [9.17, 15) is 9.59 Å². The van der Waals surface area contributed by atoms with Crippen LogP contribution in [0.4, 0.5) is 0 Å². The van der Waals surface area contributed by atoms with Crippen molar-refractivity contribution < 1.29 is 14.3 Å². The third-order valence-corrected chi connectivity index (χ3v) is 5.46. The highest BCUT2D eigenvalue weighted by atomic mass is 35.5. The van der Waals surface area contributed by atoms with Crippen LogP contribution in [0.1, 0.15) is 45.6 Å². The first-order valence-corrected chi connectivity index (χ1v) is 11.8. The van der Waals surface area contributed by atoms with Gasteiger partial charge in [0.15, 0.2) is 0 Å². The molecule has 2 aromatic rings. The number of nitrogens with one attached hydrogen (secondary N) is 1. The van der Waals surface area contributed by atoms with Crippen LogP contribution in [0, 0.1) is 5.92 Å². The third kappa shape index (κ3) is 8.71. The summed E-state index contributed by atoms with van der Waals surface area (Å²) in [7, 11) is 0. The Labute approximate surface area is 201 Å². The Morgan fingerprint density at radius 2 is 1.59 bits per heavy atom. The van der Waals surface area contributed by atoms with Crippen molar-refractivity contribution in [3.63, 3.8) is 0 Å². The van der Waals surface area contributed by atoms with Crippen molar-refractivity contribution in [1.29, 1.82) is 0 Å². The maximum absolute atomic E-state index is 13.2. The van der Waals surface area contributed by atoms with Gasteiger partial charge in [0.1, 0.15) is 11.8 Å². The van der Waals surface area contributed by atoms with Crippen molar-refractivity contribution >= 4 is 35.0 Å². The number of ether oxygens (including phenoxy) is 1. The largest absolute Gasteiger partial charge is 0.494 e. The normalized spacial score (nSPS) is 11.8. The lowest BCUT2D eigenvalue weighted by molar-refractivity contribution is -0.141. The molecule has 0 saturated carbocycles. The Morgan fingerprint density at radius 1 is 1.00 bits per heavy atom. The van der Waals surface area contributed by atoms with Gasteiger partial charge in [0.2, 0.25) is 11.8 Å². The highest BCUT2D eigenvalue weighted by molar-refractivity contribution is 6.30. The molecule has 0 aromatic heterocycles. The molecule has 2 rings (SSSR count). The van der Waals surface area contributed by atoms with E-state index in [1.807, 2.05) is 32.9 Å². The lowest BCUT2D eigenvalue weighted by Gasteiger charge is -2.31. The summed E-state index contributed by atoms with van der Waals surface area (Å²) in [6.07, 6.45) is 1.36. The molecule has 1 unspecified atom stereocenters. The second-order valence-corrected chi connectivity index (χ2v) is 8.99. The predicted molar refractivity (Wildman–Crippen MR) is 130 cm³/mol. The summed E-state index contributed by atoms with van der Waals surface area (Å²) in [5.41, 5.74) is 0.926. The molecule has 0 aliphatic heterocycles. The van der Waals surface area contributed by atoms with Gasteiger partial charge in [-0.15, -0.1) is 0 Å². The van der Waals surface area contributed by atoms with Crippen LogP contribution in [0.25, 0.3) is 0 Å². The molecule has 2 amide bonds. The summed E-state index contributed by atoms with van der Waals surface area (Å²) < 4.78 is 5.70. The zero-order chi connectivity index (χ0) is 23.5. The second kappa shape index (κ2) is 13.3. The highest BCUT2D eigenvalue weighted by Gasteiger charge is 2.28. The summed E-state index contributed by atoms with van der Waals surface area (Å²) in [6, 6.07) is 13.9. The van der Waals surface area contributed by atoms with Crippen LogP contribution < -0.4 is 10.1 Å². The molecule has 7 heteroatoms. The fourth-order valence-corrected chi connectivity index (χ4v) is 3.47. The highest BCUT2D eigenvalue weighted by Crippen LogP contribution is 2.18. The van der Waals surface area contributed by atoms with Gasteiger partial charge in [-0.1, -0.05) is 56.1 Å². The topological polar surface area (TPSA) is 58.6 Å². The number of hydrogen-bond donors (Lipinski definition) is 1. The maximum atomic E-state index is 13.2. The van der Waals surface area contributed by atoms with Gasteiger partial charge in [0.05, 0.1) is 6.61 Å². The molecule has 0 radical (unpaired) electrons. The first-order chi connectivity index (χ1) is 15.3. The van der Waals surface area contributed by atoms with Crippen molar-refractivity contribution in [2.45, 2.75) is 52.6 Å². The van der Waals surface area contributed by atoms with E-state index in [4.69, 9.17) is 27.9 Å². The van der Waals surface area contributed by atoms with Crippen LogP contribution in [-0.2, 0) is 16.1 Å². The van der Waals surface area contributed by atoms with Crippen LogP contribution in [-0.4, -0.2) is 35.9 Å². The Bertz CT molecular complexity index is 854. The molecule has 0 heterocycles. The molecule has 1 atom stereocenters. The van der Waals surface area contributed by atoms with Crippen LogP contribution in [0.15, 0.2) is 48.5 Å². The van der Waals surface area contributed by atoms with E-state index in [-0.39, 0.29) is 18.2 Å². The Kier molecular flexibility index (Phi) is 10.8. The fraction of sp³-hybridized carbons (Fsp3) is 0.440. The average Bonchev–Trinajstić information content (AvgIpc) is 2.77. The Morgan fingerprint density at radius 3 is 2.16 bits per heavy atom. The van der Waals surface area contributed by atoms with Crippen molar-refractivity contribution in [3.8, 4) is 5.75 Å². The number of carbonyl (C=O) groups excluding carboxylic acids is 2.